The number of nitrogens with one attached hydrogen (secondary N) is 1. The zero-order valence-corrected chi connectivity index (χ0v) is 8.90. The molecule has 2 rings (SSSR count). The van der Waals surface area contributed by atoms with Gasteiger partial charge in [-0.1, -0.05) is 18.2 Å². The van der Waals surface area contributed by atoms with Crippen molar-refractivity contribution in [2.24, 2.45) is 0 Å². The second kappa shape index (κ2) is 3.64. The number of fused-ring (bicyclic) bond motifs is 1. The predicted octanol–water partition coefficient (Wildman–Crippen LogP) is 1.85. The molecule has 16 heavy (non-hydrogen) atoms. The summed E-state index contributed by atoms with van der Waals surface area (Å²) in [6.07, 6.45) is -0.320. The molecule has 0 aliphatic heterocycles. The summed E-state index contributed by atoms with van der Waals surface area (Å²) in [4.78, 5) is 13.7. The first kappa shape index (κ1) is 10.7. The summed E-state index contributed by atoms with van der Waals surface area (Å²) in [6.45, 7) is 1.49. The molecule has 1 unspecified atom stereocenters. The molecule has 0 radical (unpaired) electrons. The average molecular weight is 219 g/mol. The number of rotatable bonds is 3. The van der Waals surface area contributed by atoms with Crippen LogP contribution in [0.3, 0.4) is 0 Å². The van der Waals surface area contributed by atoms with Gasteiger partial charge in [-0.25, -0.2) is 0 Å². The number of aromatic amines is 1. The van der Waals surface area contributed by atoms with Crippen molar-refractivity contribution in [3.8, 4) is 0 Å². The van der Waals surface area contributed by atoms with Gasteiger partial charge in [0.05, 0.1) is 6.42 Å². The number of aliphatic carboxylic acids is 1. The molecule has 0 amide bonds. The van der Waals surface area contributed by atoms with Crippen LogP contribution in [0.4, 0.5) is 0 Å². The molecule has 0 aliphatic carbocycles. The van der Waals surface area contributed by atoms with Crippen LogP contribution in [0.15, 0.2) is 30.3 Å². The molecule has 1 atom stereocenters. The highest BCUT2D eigenvalue weighted by Crippen LogP contribution is 2.27. The van der Waals surface area contributed by atoms with Crippen LogP contribution < -0.4 is 0 Å². The van der Waals surface area contributed by atoms with E-state index in [4.69, 9.17) is 5.11 Å². The number of aliphatic hydroxyl groups is 1. The van der Waals surface area contributed by atoms with E-state index >= 15 is 0 Å². The minimum Gasteiger partial charge on any atom is -0.481 e. The van der Waals surface area contributed by atoms with Crippen LogP contribution in [0.5, 0.6) is 0 Å². The molecular formula is C12H13NO3. The minimum atomic E-state index is -1.37. The van der Waals surface area contributed by atoms with E-state index in [9.17, 15) is 9.90 Å². The minimum absolute atomic E-state index is 0.320. The van der Waals surface area contributed by atoms with Crippen molar-refractivity contribution >= 4 is 16.9 Å². The summed E-state index contributed by atoms with van der Waals surface area (Å²) in [5.74, 6) is -1.02. The molecule has 2 aromatic rings. The number of carboxylic acids is 1. The Hall–Kier alpha value is -1.81. The normalized spacial score (nSPS) is 14.9. The third-order valence-corrected chi connectivity index (χ3v) is 2.61. The van der Waals surface area contributed by atoms with Crippen molar-refractivity contribution in [3.63, 3.8) is 0 Å². The Kier molecular flexibility index (Phi) is 2.44. The second-order valence-corrected chi connectivity index (χ2v) is 4.11. The Morgan fingerprint density at radius 1 is 1.44 bits per heavy atom. The largest absolute Gasteiger partial charge is 0.481 e. The second-order valence-electron chi connectivity index (χ2n) is 4.11. The maximum absolute atomic E-state index is 10.6. The van der Waals surface area contributed by atoms with E-state index in [2.05, 4.69) is 4.98 Å². The van der Waals surface area contributed by atoms with Crippen LogP contribution >= 0.6 is 0 Å². The van der Waals surface area contributed by atoms with Gasteiger partial charge in [-0.05, 0) is 24.4 Å². The van der Waals surface area contributed by atoms with Gasteiger partial charge in [0.1, 0.15) is 5.60 Å². The third kappa shape index (κ3) is 1.92. The number of carboxylic acid groups (broad SMARTS) is 1. The zero-order valence-electron chi connectivity index (χ0n) is 8.90. The molecule has 0 saturated heterocycles. The van der Waals surface area contributed by atoms with Gasteiger partial charge in [-0.15, -0.1) is 0 Å². The van der Waals surface area contributed by atoms with Gasteiger partial charge in [-0.3, -0.25) is 4.79 Å². The number of carbonyl (C=O) groups is 1. The Labute approximate surface area is 92.5 Å². The number of aromatic nitrogens is 1. The Bertz CT molecular complexity index is 495. The SMILES string of the molecule is CC(O)(CC(=O)O)c1cc2ccccc2[nH]1. The van der Waals surface area contributed by atoms with Crippen molar-refractivity contribution in [1.82, 2.24) is 4.98 Å². The van der Waals surface area contributed by atoms with Gasteiger partial charge in [0.2, 0.25) is 0 Å². The lowest BCUT2D eigenvalue weighted by molar-refractivity contribution is -0.142. The highest BCUT2D eigenvalue weighted by atomic mass is 16.4. The lowest BCUT2D eigenvalue weighted by atomic mass is 9.98. The zero-order chi connectivity index (χ0) is 11.8. The van der Waals surface area contributed by atoms with Crippen LogP contribution in [-0.4, -0.2) is 21.2 Å². The van der Waals surface area contributed by atoms with Gasteiger partial charge < -0.3 is 15.2 Å². The van der Waals surface area contributed by atoms with E-state index in [1.54, 1.807) is 6.07 Å². The average Bonchev–Trinajstić information content (AvgIpc) is 2.59. The molecule has 0 bridgehead atoms. The molecule has 1 aromatic carbocycles. The van der Waals surface area contributed by atoms with Gasteiger partial charge in [-0.2, -0.15) is 0 Å². The molecule has 4 heteroatoms. The molecule has 3 N–H and O–H groups in total. The van der Waals surface area contributed by atoms with Gasteiger partial charge in [0.25, 0.3) is 0 Å². The monoisotopic (exact) mass is 219 g/mol. The molecule has 84 valence electrons. The number of H-pyrrole nitrogens is 1. The summed E-state index contributed by atoms with van der Waals surface area (Å²) in [7, 11) is 0. The maximum Gasteiger partial charge on any atom is 0.306 e. The van der Waals surface area contributed by atoms with Crippen molar-refractivity contribution in [3.05, 3.63) is 36.0 Å². The summed E-state index contributed by atoms with van der Waals surface area (Å²) in [5, 5.41) is 19.7. The van der Waals surface area contributed by atoms with Gasteiger partial charge >= 0.3 is 5.97 Å². The van der Waals surface area contributed by atoms with E-state index in [0.717, 1.165) is 10.9 Å². The number of benzene rings is 1. The standard InChI is InChI=1S/C12H13NO3/c1-12(16,7-11(14)15)10-6-8-4-2-3-5-9(8)13-10/h2-6,13,16H,7H2,1H3,(H,14,15). The van der Waals surface area contributed by atoms with E-state index in [-0.39, 0.29) is 6.42 Å². The fourth-order valence-electron chi connectivity index (χ4n) is 1.75. The Balaban J connectivity index is 2.43. The summed E-state index contributed by atoms with van der Waals surface area (Å²) >= 11 is 0. The smallest absolute Gasteiger partial charge is 0.306 e. The van der Waals surface area contributed by atoms with Crippen LogP contribution in [0.1, 0.15) is 19.0 Å². The Morgan fingerprint density at radius 2 is 2.12 bits per heavy atom. The predicted molar refractivity (Wildman–Crippen MR) is 60.1 cm³/mol. The fraction of sp³-hybridized carbons (Fsp3) is 0.250. The molecule has 4 nitrogen and oxygen atoms in total. The fourth-order valence-corrected chi connectivity index (χ4v) is 1.75. The molecule has 1 aromatic heterocycles. The van der Waals surface area contributed by atoms with Crippen LogP contribution in [0, 0.1) is 0 Å². The first-order valence-corrected chi connectivity index (χ1v) is 5.01. The highest BCUT2D eigenvalue weighted by Gasteiger charge is 2.28. The quantitative estimate of drug-likeness (QED) is 0.737. The van der Waals surface area contributed by atoms with Crippen molar-refractivity contribution in [1.29, 1.82) is 0 Å². The van der Waals surface area contributed by atoms with E-state index in [0.29, 0.717) is 5.69 Å². The molecule has 1 heterocycles. The Morgan fingerprint density at radius 3 is 2.75 bits per heavy atom. The topological polar surface area (TPSA) is 73.3 Å². The molecule has 0 aliphatic rings. The highest BCUT2D eigenvalue weighted by molar-refractivity contribution is 5.80. The molecular weight excluding hydrogens is 206 g/mol. The van der Waals surface area contributed by atoms with Crippen molar-refractivity contribution < 1.29 is 15.0 Å². The number of para-hydroxylation sites is 1. The lowest BCUT2D eigenvalue weighted by Crippen LogP contribution is -2.25. The van der Waals surface area contributed by atoms with E-state index in [1.807, 2.05) is 24.3 Å². The molecule has 0 fully saturated rings. The van der Waals surface area contributed by atoms with Crippen LogP contribution in [0.2, 0.25) is 0 Å². The lowest BCUT2D eigenvalue weighted by Gasteiger charge is -2.19. The summed E-state index contributed by atoms with van der Waals surface area (Å²) < 4.78 is 0. The summed E-state index contributed by atoms with van der Waals surface area (Å²) in [5.41, 5.74) is 0.0458. The molecule has 0 spiro atoms. The van der Waals surface area contributed by atoms with Crippen LogP contribution in [-0.2, 0) is 10.4 Å². The third-order valence-electron chi connectivity index (χ3n) is 2.61. The van der Waals surface area contributed by atoms with E-state index < -0.39 is 11.6 Å². The maximum atomic E-state index is 10.6. The number of hydrogen-bond acceptors (Lipinski definition) is 2. The molecule has 0 saturated carbocycles. The van der Waals surface area contributed by atoms with Crippen molar-refractivity contribution in [2.75, 3.05) is 0 Å². The number of hydrogen-bond donors (Lipinski definition) is 3. The summed E-state index contributed by atoms with van der Waals surface area (Å²) in [6, 6.07) is 9.35. The van der Waals surface area contributed by atoms with E-state index in [1.165, 1.54) is 6.92 Å². The van der Waals surface area contributed by atoms with Gasteiger partial charge in [0, 0.05) is 11.2 Å². The van der Waals surface area contributed by atoms with Crippen LogP contribution in [0.25, 0.3) is 10.9 Å². The van der Waals surface area contributed by atoms with Gasteiger partial charge in [0.15, 0.2) is 0 Å². The van der Waals surface area contributed by atoms with Crippen molar-refractivity contribution in [2.45, 2.75) is 18.9 Å². The first-order chi connectivity index (χ1) is 7.49. The first-order valence-electron chi connectivity index (χ1n) is 5.01.